The third-order valence-corrected chi connectivity index (χ3v) is 3.13. The van der Waals surface area contributed by atoms with Crippen LogP contribution < -0.4 is 10.2 Å². The first-order valence-corrected chi connectivity index (χ1v) is 7.06. The second-order valence-corrected chi connectivity index (χ2v) is 4.92. The summed E-state index contributed by atoms with van der Waals surface area (Å²) < 4.78 is 0. The molecule has 0 aliphatic rings. The molecule has 7 nitrogen and oxygen atoms in total. The average molecular weight is 315 g/mol. The normalized spacial score (nSPS) is 11.8. The van der Waals surface area contributed by atoms with E-state index >= 15 is 0 Å². The molecule has 0 aliphatic carbocycles. The van der Waals surface area contributed by atoms with Crippen LogP contribution in [0.1, 0.15) is 37.7 Å². The number of carboxylic acids is 1. The van der Waals surface area contributed by atoms with Crippen molar-refractivity contribution in [1.82, 2.24) is 15.3 Å². The Balaban J connectivity index is 2.93. The second kappa shape index (κ2) is 7.78. The molecule has 21 heavy (non-hydrogen) atoms. The number of nitrogens with zero attached hydrogens (tertiary/aromatic N) is 3. The van der Waals surface area contributed by atoms with Crippen LogP contribution in [0.25, 0.3) is 0 Å². The smallest absolute Gasteiger partial charge is 0.305 e. The Morgan fingerprint density at radius 3 is 2.57 bits per heavy atom. The number of carboxylic acid groups (broad SMARTS) is 1. The molecule has 1 aromatic rings. The summed E-state index contributed by atoms with van der Waals surface area (Å²) in [5.74, 6) is -1.08. The second-order valence-electron chi connectivity index (χ2n) is 4.51. The molecule has 0 aliphatic heterocycles. The highest BCUT2D eigenvalue weighted by molar-refractivity contribution is 6.33. The van der Waals surface area contributed by atoms with E-state index in [0.29, 0.717) is 19.0 Å². The maximum Gasteiger partial charge on any atom is 0.305 e. The number of halogens is 1. The lowest BCUT2D eigenvalue weighted by Gasteiger charge is -2.19. The number of carbonyl (C=O) groups excluding carboxylic acids is 1. The molecule has 0 spiro atoms. The molecule has 0 saturated heterocycles. The third kappa shape index (κ3) is 4.86. The van der Waals surface area contributed by atoms with Crippen LogP contribution in [0, 0.1) is 0 Å². The number of nitrogens with one attached hydrogen (secondary N) is 1. The van der Waals surface area contributed by atoms with Gasteiger partial charge in [-0.15, -0.1) is 0 Å². The van der Waals surface area contributed by atoms with Crippen LogP contribution in [0.2, 0.25) is 5.02 Å². The van der Waals surface area contributed by atoms with Crippen molar-refractivity contribution in [2.45, 2.75) is 33.2 Å². The highest BCUT2D eigenvalue weighted by Crippen LogP contribution is 2.16. The van der Waals surface area contributed by atoms with E-state index in [-0.39, 0.29) is 17.1 Å². The van der Waals surface area contributed by atoms with E-state index in [9.17, 15) is 9.59 Å². The standard InChI is InChI=1S/C13H19ClN4O3/c1-4-18(5-2)13-15-7-9(14)11(17-13)12(21)16-8(3)6-10(19)20/h7-8H,4-6H2,1-3H3,(H,16,21)(H,19,20)/t8-/m1/s1. The fourth-order valence-corrected chi connectivity index (χ4v) is 1.96. The molecule has 1 atom stereocenters. The van der Waals surface area contributed by atoms with Crippen molar-refractivity contribution in [3.8, 4) is 0 Å². The lowest BCUT2D eigenvalue weighted by atomic mass is 10.2. The fourth-order valence-electron chi connectivity index (χ4n) is 1.78. The molecule has 0 bridgehead atoms. The molecule has 0 unspecified atom stereocenters. The summed E-state index contributed by atoms with van der Waals surface area (Å²) in [6, 6.07) is -0.516. The molecule has 0 aromatic carbocycles. The first kappa shape index (κ1) is 17.2. The molecule has 1 rings (SSSR count). The number of anilines is 1. The van der Waals surface area contributed by atoms with Crippen LogP contribution in [0.5, 0.6) is 0 Å². The molecular weight excluding hydrogens is 296 g/mol. The zero-order valence-corrected chi connectivity index (χ0v) is 13.0. The SMILES string of the molecule is CCN(CC)c1ncc(Cl)c(C(=O)N[C@H](C)CC(=O)O)n1. The Kier molecular flexibility index (Phi) is 6.36. The van der Waals surface area contributed by atoms with E-state index in [1.807, 2.05) is 18.7 Å². The van der Waals surface area contributed by atoms with Crippen molar-refractivity contribution in [1.29, 1.82) is 0 Å². The summed E-state index contributed by atoms with van der Waals surface area (Å²) in [5, 5.41) is 11.4. The molecule has 1 amide bonds. The first-order chi connectivity index (χ1) is 9.88. The first-order valence-electron chi connectivity index (χ1n) is 6.69. The molecule has 1 heterocycles. The van der Waals surface area contributed by atoms with Crippen LogP contribution in [-0.2, 0) is 4.79 Å². The maximum atomic E-state index is 12.1. The van der Waals surface area contributed by atoms with Crippen molar-refractivity contribution in [2.24, 2.45) is 0 Å². The number of carbonyl (C=O) groups is 2. The van der Waals surface area contributed by atoms with E-state index in [1.54, 1.807) is 6.92 Å². The van der Waals surface area contributed by atoms with Crippen LogP contribution in [0.3, 0.4) is 0 Å². The predicted octanol–water partition coefficient (Wildman–Crippen LogP) is 1.57. The van der Waals surface area contributed by atoms with Crippen LogP contribution >= 0.6 is 11.6 Å². The van der Waals surface area contributed by atoms with Gasteiger partial charge in [-0.05, 0) is 20.8 Å². The van der Waals surface area contributed by atoms with Crippen molar-refractivity contribution < 1.29 is 14.7 Å². The van der Waals surface area contributed by atoms with Crippen molar-refractivity contribution in [3.05, 3.63) is 16.9 Å². The number of hydrogen-bond donors (Lipinski definition) is 2. The van der Waals surface area contributed by atoms with Crippen molar-refractivity contribution in [3.63, 3.8) is 0 Å². The fraction of sp³-hybridized carbons (Fsp3) is 0.538. The summed E-state index contributed by atoms with van der Waals surface area (Å²) in [4.78, 5) is 32.9. The number of aromatic nitrogens is 2. The van der Waals surface area contributed by atoms with Gasteiger partial charge in [-0.2, -0.15) is 0 Å². The Morgan fingerprint density at radius 2 is 2.05 bits per heavy atom. The minimum atomic E-state index is -0.986. The molecule has 8 heteroatoms. The zero-order chi connectivity index (χ0) is 16.0. The molecule has 116 valence electrons. The third-order valence-electron chi connectivity index (χ3n) is 2.85. The van der Waals surface area contributed by atoms with Crippen LogP contribution in [-0.4, -0.2) is 46.1 Å². The Morgan fingerprint density at radius 1 is 1.43 bits per heavy atom. The van der Waals surface area contributed by atoms with Crippen molar-refractivity contribution >= 4 is 29.4 Å². The Labute approximate surface area is 128 Å². The minimum Gasteiger partial charge on any atom is -0.481 e. The lowest BCUT2D eigenvalue weighted by molar-refractivity contribution is -0.137. The van der Waals surface area contributed by atoms with Gasteiger partial charge in [0.1, 0.15) is 0 Å². The van der Waals surface area contributed by atoms with Gasteiger partial charge in [0.05, 0.1) is 17.6 Å². The molecular formula is C13H19ClN4O3. The van der Waals surface area contributed by atoms with Gasteiger partial charge in [0.15, 0.2) is 5.69 Å². The van der Waals surface area contributed by atoms with E-state index < -0.39 is 17.9 Å². The minimum absolute atomic E-state index is 0.0470. The van der Waals surface area contributed by atoms with Gasteiger partial charge in [-0.25, -0.2) is 9.97 Å². The van der Waals surface area contributed by atoms with Gasteiger partial charge < -0.3 is 15.3 Å². The molecule has 0 fully saturated rings. The van der Waals surface area contributed by atoms with Crippen LogP contribution in [0.15, 0.2) is 6.20 Å². The van der Waals surface area contributed by atoms with Gasteiger partial charge >= 0.3 is 5.97 Å². The quantitative estimate of drug-likeness (QED) is 0.793. The largest absolute Gasteiger partial charge is 0.481 e. The summed E-state index contributed by atoms with van der Waals surface area (Å²) in [6.45, 7) is 6.92. The predicted molar refractivity (Wildman–Crippen MR) is 79.8 cm³/mol. The topological polar surface area (TPSA) is 95.4 Å². The molecule has 0 radical (unpaired) electrons. The highest BCUT2D eigenvalue weighted by Gasteiger charge is 2.18. The van der Waals surface area contributed by atoms with Gasteiger partial charge in [-0.3, -0.25) is 9.59 Å². The Bertz CT molecular complexity index is 520. The van der Waals surface area contributed by atoms with E-state index in [0.717, 1.165) is 0 Å². The van der Waals surface area contributed by atoms with Crippen LogP contribution in [0.4, 0.5) is 5.95 Å². The molecule has 2 N–H and O–H groups in total. The van der Waals surface area contributed by atoms with Gasteiger partial charge in [0, 0.05) is 19.1 Å². The summed E-state index contributed by atoms with van der Waals surface area (Å²) in [6.07, 6.45) is 1.20. The molecule has 0 saturated carbocycles. The highest BCUT2D eigenvalue weighted by atomic mass is 35.5. The molecule has 1 aromatic heterocycles. The van der Waals surface area contributed by atoms with E-state index in [4.69, 9.17) is 16.7 Å². The number of hydrogen-bond acceptors (Lipinski definition) is 5. The summed E-state index contributed by atoms with van der Waals surface area (Å²) in [7, 11) is 0. The van der Waals surface area contributed by atoms with E-state index in [2.05, 4.69) is 15.3 Å². The summed E-state index contributed by atoms with van der Waals surface area (Å²) in [5.41, 5.74) is 0.0470. The van der Waals surface area contributed by atoms with Gasteiger partial charge in [0.2, 0.25) is 5.95 Å². The number of amides is 1. The Hall–Kier alpha value is -1.89. The van der Waals surface area contributed by atoms with Gasteiger partial charge in [0.25, 0.3) is 5.91 Å². The zero-order valence-electron chi connectivity index (χ0n) is 12.3. The maximum absolute atomic E-state index is 12.1. The van der Waals surface area contributed by atoms with Crippen molar-refractivity contribution in [2.75, 3.05) is 18.0 Å². The number of aliphatic carboxylic acids is 1. The monoisotopic (exact) mass is 314 g/mol. The van der Waals surface area contributed by atoms with E-state index in [1.165, 1.54) is 6.20 Å². The summed E-state index contributed by atoms with van der Waals surface area (Å²) >= 11 is 5.95. The number of rotatable bonds is 7. The average Bonchev–Trinajstić information content (AvgIpc) is 2.40. The van der Waals surface area contributed by atoms with Gasteiger partial charge in [-0.1, -0.05) is 11.6 Å². The lowest BCUT2D eigenvalue weighted by Crippen LogP contribution is -2.35.